The number of halogens is 2. The van der Waals surface area contributed by atoms with Gasteiger partial charge in [0.2, 0.25) is 0 Å². The van der Waals surface area contributed by atoms with Crippen LogP contribution in [0.4, 0.5) is 0 Å². The van der Waals surface area contributed by atoms with Gasteiger partial charge in [0, 0.05) is 18.3 Å². The van der Waals surface area contributed by atoms with Crippen molar-refractivity contribution in [1.29, 1.82) is 0 Å². The molecule has 0 spiro atoms. The van der Waals surface area contributed by atoms with Crippen LogP contribution in [0.3, 0.4) is 0 Å². The molecule has 0 atom stereocenters. The number of hydrogen-bond donors (Lipinski definition) is 0. The molecule has 82 valence electrons. The molecule has 0 aromatic heterocycles. The van der Waals surface area contributed by atoms with Gasteiger partial charge in [0.05, 0.1) is 12.2 Å². The van der Waals surface area contributed by atoms with Gasteiger partial charge < -0.3 is 4.74 Å². The molecule has 0 saturated carbocycles. The molecule has 0 aliphatic carbocycles. The molecule has 0 unspecified atom stereocenters. The largest absolute Gasteiger partial charge is 0.462 e. The fourth-order valence-electron chi connectivity index (χ4n) is 1.05. The van der Waals surface area contributed by atoms with Crippen molar-refractivity contribution in [3.8, 4) is 0 Å². The van der Waals surface area contributed by atoms with Gasteiger partial charge in [-0.25, -0.2) is 4.79 Å². The van der Waals surface area contributed by atoms with E-state index in [1.54, 1.807) is 6.07 Å². The molecule has 0 bridgehead atoms. The van der Waals surface area contributed by atoms with Crippen LogP contribution in [0.25, 0.3) is 0 Å². The number of benzene rings is 1. The van der Waals surface area contributed by atoms with Crippen LogP contribution in [0.5, 0.6) is 0 Å². The van der Waals surface area contributed by atoms with Gasteiger partial charge in [0.25, 0.3) is 0 Å². The number of esters is 1. The van der Waals surface area contributed by atoms with Crippen LogP contribution in [0.15, 0.2) is 22.7 Å². The summed E-state index contributed by atoms with van der Waals surface area (Å²) >= 11 is 5.53. The van der Waals surface area contributed by atoms with Crippen molar-refractivity contribution >= 4 is 54.7 Å². The van der Waals surface area contributed by atoms with E-state index in [1.807, 2.05) is 12.1 Å². The Morgan fingerprint density at radius 3 is 2.93 bits per heavy atom. The molecule has 2 nitrogen and oxygen atoms in total. The molecule has 0 radical (unpaired) electrons. The molecule has 15 heavy (non-hydrogen) atoms. The van der Waals surface area contributed by atoms with E-state index in [2.05, 4.69) is 38.5 Å². The smallest absolute Gasteiger partial charge is 0.339 e. The number of carbonyl (C=O) groups excluding carboxylic acids is 1. The van der Waals surface area contributed by atoms with Crippen molar-refractivity contribution in [3.63, 3.8) is 0 Å². The first-order chi connectivity index (χ1) is 7.16. The van der Waals surface area contributed by atoms with Gasteiger partial charge in [-0.05, 0) is 57.1 Å². The molecule has 1 aromatic carbocycles. The Kier molecular flexibility index (Phi) is 5.84. The zero-order valence-electron chi connectivity index (χ0n) is 8.43. The zero-order chi connectivity index (χ0) is 11.3. The van der Waals surface area contributed by atoms with Gasteiger partial charge >= 0.3 is 5.97 Å². The van der Waals surface area contributed by atoms with Crippen LogP contribution < -0.4 is 0 Å². The summed E-state index contributed by atoms with van der Waals surface area (Å²) in [6.07, 6.45) is 0.975. The van der Waals surface area contributed by atoms with Gasteiger partial charge in [0.15, 0.2) is 0 Å². The summed E-state index contributed by atoms with van der Waals surface area (Å²) in [5, 5.41) is 0. The lowest BCUT2D eigenvalue weighted by Gasteiger charge is -2.06. The maximum Gasteiger partial charge on any atom is 0.339 e. The lowest BCUT2D eigenvalue weighted by atomic mass is 10.2. The second-order valence-corrected chi connectivity index (χ2v) is 6.02. The normalized spacial score (nSPS) is 10.3. The number of carbonyl (C=O) groups is 1. The first-order valence-electron chi connectivity index (χ1n) is 4.78. The average molecular weight is 399 g/mol. The van der Waals surface area contributed by atoms with Gasteiger partial charge in [0.1, 0.15) is 0 Å². The summed E-state index contributed by atoms with van der Waals surface area (Å²) in [4.78, 5) is 11.7. The quantitative estimate of drug-likeness (QED) is 0.337. The molecule has 0 N–H and O–H groups in total. The Hall–Kier alpha value is 0.117. The van der Waals surface area contributed by atoms with Gasteiger partial charge in [-0.15, -0.1) is 0 Å². The third kappa shape index (κ3) is 3.88. The number of rotatable bonds is 4. The van der Waals surface area contributed by atoms with Gasteiger partial charge in [-0.3, -0.25) is 0 Å². The van der Waals surface area contributed by atoms with Crippen molar-refractivity contribution in [3.05, 3.63) is 31.8 Å². The molecule has 0 heterocycles. The fourth-order valence-corrected chi connectivity index (χ4v) is 2.28. The van der Waals surface area contributed by atoms with E-state index in [1.165, 1.54) is 16.3 Å². The third-order valence-corrected chi connectivity index (χ3v) is 5.17. The molecule has 1 rings (SSSR count). The Bertz CT molecular complexity index is 357. The Morgan fingerprint density at radius 1 is 1.53 bits per heavy atom. The summed E-state index contributed by atoms with van der Waals surface area (Å²) in [6, 6.07) is 6.71. The average Bonchev–Trinajstić information content (AvgIpc) is 2.22. The molecular weight excluding hydrogens is 387 g/mol. The Labute approximate surface area is 114 Å². The van der Waals surface area contributed by atoms with E-state index >= 15 is 0 Å². The summed E-state index contributed by atoms with van der Waals surface area (Å²) in [5.41, 5.74) is 0.637. The van der Waals surface area contributed by atoms with Crippen LogP contribution in [-0.4, -0.2) is 22.8 Å². The van der Waals surface area contributed by atoms with Gasteiger partial charge in [-0.2, -0.15) is 0 Å². The summed E-state index contributed by atoms with van der Waals surface area (Å²) in [5.74, 6) is -0.226. The number of ether oxygens (including phenoxy) is 1. The first kappa shape index (κ1) is 13.2. The molecule has 0 aliphatic rings. The minimum atomic E-state index is -0.226. The highest BCUT2D eigenvalue weighted by molar-refractivity contribution is 14.1. The minimum absolute atomic E-state index is 0.226. The van der Waals surface area contributed by atoms with E-state index < -0.39 is 0 Å². The summed E-state index contributed by atoms with van der Waals surface area (Å²) in [7, 11) is 1.17. The first-order valence-corrected chi connectivity index (χ1v) is 8.06. The van der Waals surface area contributed by atoms with Crippen LogP contribution in [0.1, 0.15) is 16.8 Å². The van der Waals surface area contributed by atoms with E-state index in [0.29, 0.717) is 12.2 Å². The second-order valence-electron chi connectivity index (χ2n) is 3.09. The van der Waals surface area contributed by atoms with Crippen LogP contribution in [0.2, 0.25) is 6.04 Å². The Morgan fingerprint density at radius 2 is 2.27 bits per heavy atom. The van der Waals surface area contributed by atoms with E-state index in [0.717, 1.165) is 14.5 Å². The van der Waals surface area contributed by atoms with Crippen molar-refractivity contribution < 1.29 is 9.53 Å². The lowest BCUT2D eigenvalue weighted by molar-refractivity contribution is 0.0504. The predicted molar refractivity (Wildman–Crippen MR) is 76.5 cm³/mol. The van der Waals surface area contributed by atoms with Crippen molar-refractivity contribution in [1.82, 2.24) is 0 Å². The molecule has 0 fully saturated rings. The maximum atomic E-state index is 11.7. The van der Waals surface area contributed by atoms with Crippen molar-refractivity contribution in [2.24, 2.45) is 0 Å². The minimum Gasteiger partial charge on any atom is -0.462 e. The van der Waals surface area contributed by atoms with Crippen molar-refractivity contribution in [2.45, 2.75) is 12.5 Å². The molecule has 0 saturated heterocycles. The summed E-state index contributed by atoms with van der Waals surface area (Å²) < 4.78 is 7.00. The van der Waals surface area contributed by atoms with E-state index in [4.69, 9.17) is 4.74 Å². The maximum absolute atomic E-state index is 11.7. The van der Waals surface area contributed by atoms with Crippen LogP contribution in [0, 0.1) is 3.57 Å². The second kappa shape index (κ2) is 6.65. The van der Waals surface area contributed by atoms with Crippen molar-refractivity contribution in [2.75, 3.05) is 6.61 Å². The van der Waals surface area contributed by atoms with Crippen LogP contribution in [-0.2, 0) is 4.74 Å². The van der Waals surface area contributed by atoms with Crippen LogP contribution >= 0.6 is 38.5 Å². The summed E-state index contributed by atoms with van der Waals surface area (Å²) in [6.45, 7) is 0.533. The predicted octanol–water partition coefficient (Wildman–Crippen LogP) is 2.38. The molecule has 1 aromatic rings. The monoisotopic (exact) mass is 398 g/mol. The van der Waals surface area contributed by atoms with Gasteiger partial charge in [-0.1, -0.05) is 12.1 Å². The fraction of sp³-hybridized carbons (Fsp3) is 0.300. The van der Waals surface area contributed by atoms with E-state index in [-0.39, 0.29) is 5.97 Å². The van der Waals surface area contributed by atoms with E-state index in [9.17, 15) is 4.79 Å². The third-order valence-electron chi connectivity index (χ3n) is 1.90. The highest BCUT2D eigenvalue weighted by atomic mass is 127. The topological polar surface area (TPSA) is 26.3 Å². The highest BCUT2D eigenvalue weighted by Crippen LogP contribution is 2.23. The standard InChI is InChI=1S/C10H12BrIO2Si/c11-8-4-1-3-7(9(8)12)10(13)14-5-2-6-15/h1,3-4H,2,5-6H2,15H3. The SMILES string of the molecule is O=C(OCCC[SiH3])c1cccc(Br)c1I. The molecule has 5 heteroatoms. The number of hydrogen-bond acceptors (Lipinski definition) is 2. The molecular formula is C10H12BrIO2Si. The Balaban J connectivity index is 2.69. The lowest BCUT2D eigenvalue weighted by Crippen LogP contribution is -2.08. The highest BCUT2D eigenvalue weighted by Gasteiger charge is 2.12. The molecule has 0 amide bonds. The zero-order valence-corrected chi connectivity index (χ0v) is 14.2. The molecule has 0 aliphatic heterocycles.